The number of rotatable bonds is 6. The normalized spacial score (nSPS) is 15.7. The van der Waals surface area contributed by atoms with Gasteiger partial charge in [-0.2, -0.15) is 5.10 Å². The number of fused-ring (bicyclic) bond motifs is 1. The van der Waals surface area contributed by atoms with Crippen molar-refractivity contribution in [3.8, 4) is 5.75 Å². The van der Waals surface area contributed by atoms with Gasteiger partial charge in [-0.25, -0.2) is 4.98 Å². The standard InChI is InChI=1S/C21H22N4O2/c1-15(25-12-3-2-7-19(25)24-22)17-9-8-16-5-4-6-18(20(16)23-17)27-14-21(13-26)10-11-21/h2-9,12,26H,1,10-11,13-14,22H2/b24-19-. The van der Waals surface area contributed by atoms with Gasteiger partial charge in [0.2, 0.25) is 0 Å². The van der Waals surface area contributed by atoms with Gasteiger partial charge in [-0.15, -0.1) is 0 Å². The maximum Gasteiger partial charge on any atom is 0.156 e. The molecular weight excluding hydrogens is 340 g/mol. The van der Waals surface area contributed by atoms with Crippen molar-refractivity contribution in [1.29, 1.82) is 0 Å². The van der Waals surface area contributed by atoms with E-state index >= 15 is 0 Å². The van der Waals surface area contributed by atoms with Crippen LogP contribution in [0.1, 0.15) is 18.5 Å². The van der Waals surface area contributed by atoms with Crippen LogP contribution in [0.3, 0.4) is 0 Å². The van der Waals surface area contributed by atoms with Crippen molar-refractivity contribution in [2.45, 2.75) is 12.8 Å². The van der Waals surface area contributed by atoms with Crippen LogP contribution in [0.15, 0.2) is 66.4 Å². The highest BCUT2D eigenvalue weighted by Crippen LogP contribution is 2.45. The average Bonchev–Trinajstić information content (AvgIpc) is 3.51. The highest BCUT2D eigenvalue weighted by molar-refractivity contribution is 5.86. The third kappa shape index (κ3) is 3.31. The van der Waals surface area contributed by atoms with Crippen LogP contribution in [-0.2, 0) is 0 Å². The van der Waals surface area contributed by atoms with E-state index in [1.54, 1.807) is 4.57 Å². The number of pyridine rings is 2. The van der Waals surface area contributed by atoms with Crippen LogP contribution in [0.25, 0.3) is 16.6 Å². The number of para-hydroxylation sites is 1. The van der Waals surface area contributed by atoms with Crippen LogP contribution in [0, 0.1) is 5.41 Å². The lowest BCUT2D eigenvalue weighted by Gasteiger charge is -2.15. The molecule has 0 atom stereocenters. The lowest BCUT2D eigenvalue weighted by Crippen LogP contribution is -2.21. The number of aliphatic hydroxyl groups excluding tert-OH is 1. The van der Waals surface area contributed by atoms with Crippen molar-refractivity contribution in [2.24, 2.45) is 16.4 Å². The number of nitrogens with zero attached hydrogens (tertiary/aromatic N) is 3. The summed E-state index contributed by atoms with van der Waals surface area (Å²) < 4.78 is 7.82. The number of hydrogen-bond acceptors (Lipinski definition) is 5. The van der Waals surface area contributed by atoms with Crippen LogP contribution >= 0.6 is 0 Å². The zero-order chi connectivity index (χ0) is 18.9. The molecule has 27 heavy (non-hydrogen) atoms. The first-order chi connectivity index (χ1) is 13.2. The number of benzene rings is 1. The molecule has 6 nitrogen and oxygen atoms in total. The lowest BCUT2D eigenvalue weighted by molar-refractivity contribution is 0.147. The highest BCUT2D eigenvalue weighted by Gasteiger charge is 2.43. The predicted molar refractivity (Wildman–Crippen MR) is 105 cm³/mol. The monoisotopic (exact) mass is 362 g/mol. The third-order valence-electron chi connectivity index (χ3n) is 5.07. The van der Waals surface area contributed by atoms with E-state index in [2.05, 4.69) is 11.7 Å². The first kappa shape index (κ1) is 17.3. The minimum Gasteiger partial charge on any atom is -0.491 e. The summed E-state index contributed by atoms with van der Waals surface area (Å²) >= 11 is 0. The minimum absolute atomic E-state index is 0.0825. The molecule has 0 aliphatic heterocycles. The van der Waals surface area contributed by atoms with Crippen LogP contribution in [0.4, 0.5) is 0 Å². The predicted octanol–water partition coefficient (Wildman–Crippen LogP) is 2.48. The van der Waals surface area contributed by atoms with Crippen LogP contribution in [-0.4, -0.2) is 27.9 Å². The van der Waals surface area contributed by atoms with Crippen molar-refractivity contribution in [2.75, 3.05) is 13.2 Å². The molecule has 138 valence electrons. The second kappa shape index (κ2) is 6.89. The van der Waals surface area contributed by atoms with Crippen molar-refractivity contribution >= 4 is 16.6 Å². The molecular formula is C21H22N4O2. The Kier molecular flexibility index (Phi) is 4.41. The van der Waals surface area contributed by atoms with Gasteiger partial charge >= 0.3 is 0 Å². The van der Waals surface area contributed by atoms with Gasteiger partial charge in [-0.3, -0.25) is 4.57 Å². The molecule has 3 N–H and O–H groups in total. The quantitative estimate of drug-likeness (QED) is 0.521. The van der Waals surface area contributed by atoms with Gasteiger partial charge in [-0.05, 0) is 37.1 Å². The molecule has 4 rings (SSSR count). The average molecular weight is 362 g/mol. The Morgan fingerprint density at radius 2 is 2.07 bits per heavy atom. The largest absolute Gasteiger partial charge is 0.491 e. The lowest BCUT2D eigenvalue weighted by atomic mass is 10.1. The van der Waals surface area contributed by atoms with Crippen molar-refractivity contribution in [3.63, 3.8) is 0 Å². The maximum atomic E-state index is 9.51. The Bertz CT molecular complexity index is 1070. The Labute approximate surface area is 157 Å². The van der Waals surface area contributed by atoms with Crippen LogP contribution in [0.5, 0.6) is 5.75 Å². The van der Waals surface area contributed by atoms with E-state index in [1.165, 1.54) is 0 Å². The van der Waals surface area contributed by atoms with Crippen molar-refractivity contribution < 1.29 is 9.84 Å². The van der Waals surface area contributed by atoms with Gasteiger partial charge in [0.05, 0.1) is 24.6 Å². The molecule has 1 aromatic carbocycles. The Morgan fingerprint density at radius 3 is 2.81 bits per heavy atom. The second-order valence-electron chi connectivity index (χ2n) is 6.98. The summed E-state index contributed by atoms with van der Waals surface area (Å²) in [6.45, 7) is 4.81. The van der Waals surface area contributed by atoms with Gasteiger partial charge in [0.25, 0.3) is 0 Å². The molecule has 3 aromatic rings. The summed E-state index contributed by atoms with van der Waals surface area (Å²) in [6, 6.07) is 15.3. The van der Waals surface area contributed by atoms with Gasteiger partial charge in [-0.1, -0.05) is 30.8 Å². The van der Waals surface area contributed by atoms with E-state index in [9.17, 15) is 5.11 Å². The Hall–Kier alpha value is -3.12. The number of nitrogens with two attached hydrogens (primary N) is 1. The molecule has 2 heterocycles. The van der Waals surface area contributed by atoms with Gasteiger partial charge in [0.15, 0.2) is 5.49 Å². The zero-order valence-electron chi connectivity index (χ0n) is 15.0. The SMILES string of the molecule is C=C(c1ccc2cccc(OCC3(CO)CC3)c2n1)n1cccc/c1=N/N. The Morgan fingerprint density at radius 1 is 1.22 bits per heavy atom. The number of aromatic nitrogens is 2. The molecule has 0 amide bonds. The third-order valence-corrected chi connectivity index (χ3v) is 5.07. The molecule has 1 saturated carbocycles. The topological polar surface area (TPSA) is 85.7 Å². The van der Waals surface area contributed by atoms with Gasteiger partial charge < -0.3 is 15.7 Å². The second-order valence-corrected chi connectivity index (χ2v) is 6.98. The summed E-state index contributed by atoms with van der Waals surface area (Å²) in [7, 11) is 0. The first-order valence-corrected chi connectivity index (χ1v) is 8.90. The summed E-state index contributed by atoms with van der Waals surface area (Å²) in [5.74, 6) is 6.19. The van der Waals surface area contributed by atoms with E-state index in [0.29, 0.717) is 29.2 Å². The molecule has 0 saturated heterocycles. The fraction of sp³-hybridized carbons (Fsp3) is 0.238. The number of ether oxygens (including phenoxy) is 1. The van der Waals surface area contributed by atoms with E-state index < -0.39 is 0 Å². The summed E-state index contributed by atoms with van der Waals surface area (Å²) in [5.41, 5.74) is 2.66. The molecule has 0 radical (unpaired) electrons. The molecule has 2 aromatic heterocycles. The number of hydrogen-bond donors (Lipinski definition) is 2. The molecule has 1 fully saturated rings. The zero-order valence-corrected chi connectivity index (χ0v) is 15.0. The first-order valence-electron chi connectivity index (χ1n) is 8.90. The Balaban J connectivity index is 1.71. The van der Waals surface area contributed by atoms with Crippen molar-refractivity contribution in [1.82, 2.24) is 9.55 Å². The minimum atomic E-state index is -0.0825. The highest BCUT2D eigenvalue weighted by atomic mass is 16.5. The van der Waals surface area contributed by atoms with Crippen molar-refractivity contribution in [3.05, 3.63) is 72.5 Å². The van der Waals surface area contributed by atoms with E-state index in [0.717, 1.165) is 23.7 Å². The fourth-order valence-corrected chi connectivity index (χ4v) is 3.04. The van der Waals surface area contributed by atoms with Crippen LogP contribution in [0.2, 0.25) is 0 Å². The molecule has 0 unspecified atom stereocenters. The maximum absolute atomic E-state index is 9.51. The van der Waals surface area contributed by atoms with E-state index in [1.807, 2.05) is 54.7 Å². The molecule has 0 spiro atoms. The molecule has 1 aliphatic carbocycles. The smallest absolute Gasteiger partial charge is 0.156 e. The molecule has 0 bridgehead atoms. The van der Waals surface area contributed by atoms with E-state index in [4.69, 9.17) is 15.6 Å². The summed E-state index contributed by atoms with van der Waals surface area (Å²) in [4.78, 5) is 4.78. The van der Waals surface area contributed by atoms with Crippen LogP contribution < -0.4 is 16.1 Å². The summed E-state index contributed by atoms with van der Waals surface area (Å²) in [5, 5.41) is 14.3. The van der Waals surface area contributed by atoms with Gasteiger partial charge in [0, 0.05) is 17.0 Å². The molecule has 6 heteroatoms. The number of aliphatic hydroxyl groups is 1. The van der Waals surface area contributed by atoms with Gasteiger partial charge in [0.1, 0.15) is 11.3 Å². The molecule has 1 aliphatic rings. The summed E-state index contributed by atoms with van der Waals surface area (Å²) in [6.07, 6.45) is 3.85. The van der Waals surface area contributed by atoms with E-state index in [-0.39, 0.29) is 12.0 Å². The fourth-order valence-electron chi connectivity index (χ4n) is 3.04.